The molecule has 0 atom stereocenters. The van der Waals surface area contributed by atoms with Gasteiger partial charge in [-0.3, -0.25) is 0 Å². The van der Waals surface area contributed by atoms with Gasteiger partial charge in [0, 0.05) is 24.3 Å². The lowest BCUT2D eigenvalue weighted by Crippen LogP contribution is -2.38. The zero-order chi connectivity index (χ0) is 14.7. The molecular weight excluding hydrogens is 264 g/mol. The van der Waals surface area contributed by atoms with Crippen molar-refractivity contribution in [2.45, 2.75) is 38.1 Å². The van der Waals surface area contributed by atoms with Gasteiger partial charge >= 0.3 is 0 Å². The highest BCUT2D eigenvalue weighted by molar-refractivity contribution is 5.60. The van der Waals surface area contributed by atoms with E-state index < -0.39 is 0 Å². The molecule has 4 heteroatoms. The van der Waals surface area contributed by atoms with Crippen LogP contribution in [0.15, 0.2) is 23.2 Å². The maximum Gasteiger partial charge on any atom is 0.235 e. The summed E-state index contributed by atoms with van der Waals surface area (Å²) in [7, 11) is 0. The second kappa shape index (κ2) is 6.00. The molecule has 1 aliphatic heterocycles. The standard InChI is InChI=1S/C17H22N2O2/c1-14-4-5-15(17(18-13-20)6-2-3-7-17)16(12-14)19-8-10-21-11-9-19/h4-5,12H,2-3,6-11H2,1H3. The number of nitrogens with zero attached hydrogens (tertiary/aromatic N) is 2. The van der Waals surface area contributed by atoms with Crippen molar-refractivity contribution in [2.75, 3.05) is 31.2 Å². The first kappa shape index (κ1) is 14.3. The second-order valence-corrected chi connectivity index (χ2v) is 6.06. The molecule has 0 amide bonds. The summed E-state index contributed by atoms with van der Waals surface area (Å²) in [6.07, 6.45) is 5.97. The lowest BCUT2D eigenvalue weighted by atomic mass is 9.86. The maximum absolute atomic E-state index is 11.0. The van der Waals surface area contributed by atoms with Gasteiger partial charge in [-0.1, -0.05) is 25.0 Å². The molecule has 0 spiro atoms. The molecular formula is C17H22N2O2. The Hall–Kier alpha value is -1.64. The number of isocyanates is 1. The first-order valence-corrected chi connectivity index (χ1v) is 7.78. The third kappa shape index (κ3) is 2.74. The molecule has 21 heavy (non-hydrogen) atoms. The van der Waals surface area contributed by atoms with Gasteiger partial charge in [0.25, 0.3) is 0 Å². The molecule has 1 heterocycles. The summed E-state index contributed by atoms with van der Waals surface area (Å²) in [5.41, 5.74) is 3.29. The molecule has 1 aliphatic carbocycles. The molecule has 0 bridgehead atoms. The van der Waals surface area contributed by atoms with Gasteiger partial charge < -0.3 is 9.64 Å². The third-order valence-corrected chi connectivity index (χ3v) is 4.70. The van der Waals surface area contributed by atoms with Crippen molar-refractivity contribution in [1.82, 2.24) is 0 Å². The van der Waals surface area contributed by atoms with E-state index in [1.54, 1.807) is 0 Å². The fourth-order valence-corrected chi connectivity index (χ4v) is 3.59. The lowest BCUT2D eigenvalue weighted by Gasteiger charge is -2.34. The number of anilines is 1. The van der Waals surface area contributed by atoms with Crippen molar-refractivity contribution in [3.05, 3.63) is 29.3 Å². The molecule has 2 aliphatic rings. The number of hydrogen-bond acceptors (Lipinski definition) is 4. The van der Waals surface area contributed by atoms with Crippen molar-refractivity contribution in [2.24, 2.45) is 4.99 Å². The molecule has 0 radical (unpaired) electrons. The molecule has 0 unspecified atom stereocenters. The minimum absolute atomic E-state index is 0.358. The Morgan fingerprint density at radius 1 is 1.24 bits per heavy atom. The van der Waals surface area contributed by atoms with Crippen molar-refractivity contribution in [3.63, 3.8) is 0 Å². The largest absolute Gasteiger partial charge is 0.378 e. The summed E-state index contributed by atoms with van der Waals surface area (Å²) in [6, 6.07) is 6.51. The highest BCUT2D eigenvalue weighted by Gasteiger charge is 2.38. The van der Waals surface area contributed by atoms with Crippen LogP contribution in [-0.4, -0.2) is 32.4 Å². The lowest BCUT2D eigenvalue weighted by molar-refractivity contribution is 0.122. The van der Waals surface area contributed by atoms with E-state index >= 15 is 0 Å². The Morgan fingerprint density at radius 3 is 2.62 bits per heavy atom. The number of morpholine rings is 1. The van der Waals surface area contributed by atoms with Gasteiger partial charge in [0.15, 0.2) is 0 Å². The summed E-state index contributed by atoms with van der Waals surface area (Å²) in [5, 5.41) is 0. The van der Waals surface area contributed by atoms with Crippen LogP contribution >= 0.6 is 0 Å². The average Bonchev–Trinajstić information content (AvgIpc) is 2.98. The Balaban J connectivity index is 2.06. The number of benzene rings is 1. The highest BCUT2D eigenvalue weighted by atomic mass is 16.5. The average molecular weight is 286 g/mol. The summed E-state index contributed by atoms with van der Waals surface area (Å²) in [6.45, 7) is 5.43. The number of hydrogen-bond donors (Lipinski definition) is 0. The number of aliphatic imine (C=N–C) groups is 1. The van der Waals surface area contributed by atoms with Crippen LogP contribution < -0.4 is 4.90 Å². The van der Waals surface area contributed by atoms with Crippen LogP contribution in [0.5, 0.6) is 0 Å². The zero-order valence-corrected chi connectivity index (χ0v) is 12.6. The van der Waals surface area contributed by atoms with Crippen molar-refractivity contribution in [1.29, 1.82) is 0 Å². The third-order valence-electron chi connectivity index (χ3n) is 4.70. The van der Waals surface area contributed by atoms with E-state index in [1.807, 2.05) is 6.08 Å². The topological polar surface area (TPSA) is 41.9 Å². The Labute approximate surface area is 125 Å². The summed E-state index contributed by atoms with van der Waals surface area (Å²) in [4.78, 5) is 17.6. The Bertz CT molecular complexity index is 552. The number of ether oxygens (including phenoxy) is 1. The molecule has 112 valence electrons. The smallest absolute Gasteiger partial charge is 0.235 e. The van der Waals surface area contributed by atoms with Gasteiger partial charge in [0.2, 0.25) is 6.08 Å². The van der Waals surface area contributed by atoms with E-state index in [9.17, 15) is 4.79 Å². The van der Waals surface area contributed by atoms with E-state index in [2.05, 4.69) is 35.0 Å². The molecule has 0 N–H and O–H groups in total. The van der Waals surface area contributed by atoms with Gasteiger partial charge in [-0.15, -0.1) is 0 Å². The predicted molar refractivity (Wildman–Crippen MR) is 82.5 cm³/mol. The minimum atomic E-state index is -0.358. The van der Waals surface area contributed by atoms with Crippen LogP contribution in [0.3, 0.4) is 0 Å². The first-order chi connectivity index (χ1) is 10.2. The monoisotopic (exact) mass is 286 g/mol. The van der Waals surface area contributed by atoms with E-state index in [1.165, 1.54) is 16.8 Å². The quantitative estimate of drug-likeness (QED) is 0.634. The van der Waals surface area contributed by atoms with Gasteiger partial charge in [-0.25, -0.2) is 4.79 Å². The van der Waals surface area contributed by atoms with Crippen LogP contribution in [0.1, 0.15) is 36.8 Å². The summed E-state index contributed by atoms with van der Waals surface area (Å²) < 4.78 is 5.46. The van der Waals surface area contributed by atoms with Crippen LogP contribution in [0.25, 0.3) is 0 Å². The SMILES string of the molecule is Cc1ccc(C2(N=C=O)CCCC2)c(N2CCOCC2)c1. The Morgan fingerprint density at radius 2 is 1.95 bits per heavy atom. The maximum atomic E-state index is 11.0. The van der Waals surface area contributed by atoms with Crippen LogP contribution in [0, 0.1) is 6.92 Å². The number of aryl methyl sites for hydroxylation is 1. The van der Waals surface area contributed by atoms with E-state index in [0.29, 0.717) is 0 Å². The fourth-order valence-electron chi connectivity index (χ4n) is 3.59. The highest BCUT2D eigenvalue weighted by Crippen LogP contribution is 2.46. The van der Waals surface area contributed by atoms with Gasteiger partial charge in [0.1, 0.15) is 5.54 Å². The molecule has 1 aromatic carbocycles. The fraction of sp³-hybridized carbons (Fsp3) is 0.588. The molecule has 1 saturated heterocycles. The van der Waals surface area contributed by atoms with Crippen molar-refractivity contribution < 1.29 is 9.53 Å². The van der Waals surface area contributed by atoms with E-state index in [4.69, 9.17) is 4.74 Å². The predicted octanol–water partition coefficient (Wildman–Crippen LogP) is 2.94. The molecule has 1 aromatic rings. The number of carbonyl (C=O) groups excluding carboxylic acids is 1. The Kier molecular flexibility index (Phi) is 4.09. The van der Waals surface area contributed by atoms with Gasteiger partial charge in [-0.05, 0) is 31.4 Å². The van der Waals surface area contributed by atoms with E-state index in [0.717, 1.165) is 52.0 Å². The molecule has 1 saturated carbocycles. The summed E-state index contributed by atoms with van der Waals surface area (Å²) >= 11 is 0. The normalized spacial score (nSPS) is 21.1. The van der Waals surface area contributed by atoms with Gasteiger partial charge in [0.05, 0.1) is 13.2 Å². The van der Waals surface area contributed by atoms with E-state index in [-0.39, 0.29) is 5.54 Å². The van der Waals surface area contributed by atoms with Crippen LogP contribution in [0.4, 0.5) is 5.69 Å². The minimum Gasteiger partial charge on any atom is -0.378 e. The summed E-state index contributed by atoms with van der Waals surface area (Å²) in [5.74, 6) is 0. The van der Waals surface area contributed by atoms with Crippen LogP contribution in [-0.2, 0) is 15.1 Å². The molecule has 0 aromatic heterocycles. The molecule has 2 fully saturated rings. The zero-order valence-electron chi connectivity index (χ0n) is 12.6. The van der Waals surface area contributed by atoms with Crippen molar-refractivity contribution in [3.8, 4) is 0 Å². The second-order valence-electron chi connectivity index (χ2n) is 6.06. The first-order valence-electron chi connectivity index (χ1n) is 7.78. The number of rotatable bonds is 3. The molecule has 4 nitrogen and oxygen atoms in total. The van der Waals surface area contributed by atoms with Crippen LogP contribution in [0.2, 0.25) is 0 Å². The van der Waals surface area contributed by atoms with Gasteiger partial charge in [-0.2, -0.15) is 4.99 Å². The van der Waals surface area contributed by atoms with Crippen molar-refractivity contribution >= 4 is 11.8 Å². The molecule has 3 rings (SSSR count).